The fraction of sp³-hybridized carbons (Fsp3) is 0.590. The van der Waals surface area contributed by atoms with E-state index < -0.39 is 32.0 Å². The summed E-state index contributed by atoms with van der Waals surface area (Å²) < 4.78 is 18.1. The smallest absolute Gasteiger partial charge is 0.330 e. The largest absolute Gasteiger partial charge is 0.463 e. The number of rotatable bonds is 21. The lowest BCUT2D eigenvalue weighted by Gasteiger charge is -2.44. The predicted molar refractivity (Wildman–Crippen MR) is 189 cm³/mol. The third-order valence-electron chi connectivity index (χ3n) is 9.21. The molecule has 1 fully saturated rings. The maximum Gasteiger partial charge on any atom is 0.330 e. The SMILES string of the molecule is CCCCCCCCCCCCCCOC(=O)C=C[C@@]1([C@H](O)CO[Si](c2ccccc2)(c2ccccc2)C(C)(C)C)CCC(=O)O1. The summed E-state index contributed by atoms with van der Waals surface area (Å²) >= 11 is 0. The first-order valence-electron chi connectivity index (χ1n) is 17.7. The number of aliphatic hydroxyl groups is 1. The maximum absolute atomic E-state index is 12.6. The van der Waals surface area contributed by atoms with Crippen LogP contribution in [0.2, 0.25) is 5.04 Å². The van der Waals surface area contributed by atoms with E-state index in [-0.39, 0.29) is 24.5 Å². The molecule has 2 atom stereocenters. The van der Waals surface area contributed by atoms with Crippen LogP contribution in [-0.2, 0) is 23.5 Å². The minimum absolute atomic E-state index is 0.0567. The van der Waals surface area contributed by atoms with Gasteiger partial charge < -0.3 is 19.0 Å². The van der Waals surface area contributed by atoms with Crippen molar-refractivity contribution in [2.75, 3.05) is 13.2 Å². The lowest BCUT2D eigenvalue weighted by molar-refractivity contribution is -0.154. The van der Waals surface area contributed by atoms with E-state index >= 15 is 0 Å². The second-order valence-corrected chi connectivity index (χ2v) is 18.1. The molecular formula is C39H58O6Si. The minimum atomic E-state index is -2.92. The zero-order chi connectivity index (χ0) is 33.3. The van der Waals surface area contributed by atoms with Gasteiger partial charge >= 0.3 is 11.9 Å². The van der Waals surface area contributed by atoms with E-state index in [0.717, 1.165) is 29.6 Å². The Labute approximate surface area is 279 Å². The van der Waals surface area contributed by atoms with Gasteiger partial charge in [-0.05, 0) is 27.9 Å². The third kappa shape index (κ3) is 10.9. The monoisotopic (exact) mass is 650 g/mol. The molecule has 46 heavy (non-hydrogen) atoms. The molecule has 1 saturated heterocycles. The molecule has 1 aliphatic rings. The molecule has 0 aromatic heterocycles. The summed E-state index contributed by atoms with van der Waals surface area (Å²) in [7, 11) is -2.92. The minimum Gasteiger partial charge on any atom is -0.463 e. The van der Waals surface area contributed by atoms with Gasteiger partial charge in [0, 0.05) is 18.9 Å². The van der Waals surface area contributed by atoms with Crippen molar-refractivity contribution in [3.63, 3.8) is 0 Å². The number of unbranched alkanes of at least 4 members (excludes halogenated alkanes) is 11. The Bertz CT molecular complexity index is 1150. The lowest BCUT2D eigenvalue weighted by Crippen LogP contribution is -2.67. The van der Waals surface area contributed by atoms with Crippen LogP contribution in [-0.4, -0.2) is 50.3 Å². The number of aliphatic hydroxyl groups excluding tert-OH is 1. The highest BCUT2D eigenvalue weighted by Crippen LogP contribution is 2.38. The fourth-order valence-corrected chi connectivity index (χ4v) is 11.1. The topological polar surface area (TPSA) is 82.1 Å². The molecule has 2 aromatic carbocycles. The van der Waals surface area contributed by atoms with Crippen LogP contribution in [0, 0.1) is 0 Å². The summed E-state index contributed by atoms with van der Waals surface area (Å²) in [6.07, 6.45) is 17.0. The molecule has 6 nitrogen and oxygen atoms in total. The molecule has 3 rings (SSSR count). The van der Waals surface area contributed by atoms with Gasteiger partial charge in [0.15, 0.2) is 5.60 Å². The Kier molecular flexibility index (Phi) is 15.7. The van der Waals surface area contributed by atoms with Crippen LogP contribution in [0.25, 0.3) is 0 Å². The molecule has 7 heteroatoms. The molecule has 1 N–H and O–H groups in total. The van der Waals surface area contributed by atoms with Crippen LogP contribution >= 0.6 is 0 Å². The zero-order valence-corrected chi connectivity index (χ0v) is 29.8. The second kappa shape index (κ2) is 19.2. The van der Waals surface area contributed by atoms with E-state index in [1.54, 1.807) is 0 Å². The molecule has 0 spiro atoms. The lowest BCUT2D eigenvalue weighted by atomic mass is 9.93. The number of carbonyl (C=O) groups excluding carboxylic acids is 2. The van der Waals surface area contributed by atoms with Crippen molar-refractivity contribution in [1.82, 2.24) is 0 Å². The van der Waals surface area contributed by atoms with Crippen LogP contribution < -0.4 is 10.4 Å². The van der Waals surface area contributed by atoms with E-state index in [9.17, 15) is 14.7 Å². The zero-order valence-electron chi connectivity index (χ0n) is 28.8. The second-order valence-electron chi connectivity index (χ2n) is 13.8. The maximum atomic E-state index is 12.6. The van der Waals surface area contributed by atoms with Crippen LogP contribution in [0.15, 0.2) is 72.8 Å². The number of hydrogen-bond donors (Lipinski definition) is 1. The summed E-state index contributed by atoms with van der Waals surface area (Å²) in [5.41, 5.74) is -1.35. The third-order valence-corrected chi connectivity index (χ3v) is 14.2. The number of benzene rings is 2. The molecule has 0 unspecified atom stereocenters. The molecule has 0 bridgehead atoms. The Hall–Kier alpha value is -2.74. The van der Waals surface area contributed by atoms with Crippen LogP contribution in [0.4, 0.5) is 0 Å². The van der Waals surface area contributed by atoms with Gasteiger partial charge in [0.2, 0.25) is 0 Å². The molecular weight excluding hydrogens is 593 g/mol. The van der Waals surface area contributed by atoms with E-state index in [4.69, 9.17) is 13.9 Å². The molecule has 254 valence electrons. The highest BCUT2D eigenvalue weighted by atomic mass is 28.4. The Morgan fingerprint density at radius 1 is 0.870 bits per heavy atom. The average molecular weight is 651 g/mol. The number of cyclic esters (lactones) is 1. The average Bonchev–Trinajstić information content (AvgIpc) is 3.44. The molecule has 0 radical (unpaired) electrons. The number of hydrogen-bond acceptors (Lipinski definition) is 6. The number of ether oxygens (including phenoxy) is 2. The fourth-order valence-electron chi connectivity index (χ4n) is 6.55. The van der Waals surface area contributed by atoms with Gasteiger partial charge in [-0.3, -0.25) is 4.79 Å². The van der Waals surface area contributed by atoms with E-state index in [2.05, 4.69) is 52.0 Å². The van der Waals surface area contributed by atoms with E-state index in [1.165, 1.54) is 69.9 Å². The first-order valence-corrected chi connectivity index (χ1v) is 19.6. The Morgan fingerprint density at radius 2 is 1.37 bits per heavy atom. The Balaban J connectivity index is 1.55. The summed E-state index contributed by atoms with van der Waals surface area (Å²) in [5.74, 6) is -0.899. The van der Waals surface area contributed by atoms with E-state index in [0.29, 0.717) is 6.61 Å². The summed E-state index contributed by atoms with van der Waals surface area (Å²) in [6, 6.07) is 20.4. The summed E-state index contributed by atoms with van der Waals surface area (Å²) in [5, 5.41) is 13.5. The standard InChI is InChI=1S/C39H58O6Si/c1-5-6-7-8-9-10-11-12-13-14-15-22-31-43-36(41)27-29-39(30-28-37(42)45-39)35(40)32-44-46(38(2,3)4,33-23-18-16-19-24-33)34-25-20-17-21-26-34/h16-21,23-27,29,35,40H,5-15,22,28,30-32H2,1-4H3/t35-,39+/m1/s1. The number of carbonyl (C=O) groups is 2. The molecule has 1 aliphatic heterocycles. The van der Waals surface area contributed by atoms with Crippen molar-refractivity contribution >= 4 is 30.6 Å². The van der Waals surface area contributed by atoms with Gasteiger partial charge in [0.1, 0.15) is 6.10 Å². The van der Waals surface area contributed by atoms with Gasteiger partial charge in [0.25, 0.3) is 8.32 Å². The van der Waals surface area contributed by atoms with Crippen LogP contribution in [0.3, 0.4) is 0 Å². The van der Waals surface area contributed by atoms with Gasteiger partial charge in [-0.1, -0.05) is 159 Å². The van der Waals surface area contributed by atoms with Crippen molar-refractivity contribution in [3.8, 4) is 0 Å². The normalized spacial score (nSPS) is 17.7. The van der Waals surface area contributed by atoms with Crippen molar-refractivity contribution < 1.29 is 28.6 Å². The molecule has 1 heterocycles. The van der Waals surface area contributed by atoms with E-state index in [1.807, 2.05) is 36.4 Å². The summed E-state index contributed by atoms with van der Waals surface area (Å²) in [4.78, 5) is 24.9. The highest BCUT2D eigenvalue weighted by molar-refractivity contribution is 6.99. The van der Waals surface area contributed by atoms with Gasteiger partial charge in [-0.25, -0.2) is 4.79 Å². The first-order chi connectivity index (χ1) is 22.1. The number of esters is 2. The van der Waals surface area contributed by atoms with Crippen LogP contribution in [0.1, 0.15) is 118 Å². The molecule has 0 amide bonds. The molecule has 0 aliphatic carbocycles. The van der Waals surface area contributed by atoms with Gasteiger partial charge in [0.05, 0.1) is 13.2 Å². The van der Waals surface area contributed by atoms with Crippen molar-refractivity contribution in [3.05, 3.63) is 72.8 Å². The first kappa shape index (κ1) is 37.7. The predicted octanol–water partition coefficient (Wildman–Crippen LogP) is 7.80. The van der Waals surface area contributed by atoms with Crippen molar-refractivity contribution in [2.45, 2.75) is 134 Å². The Morgan fingerprint density at radius 3 is 1.83 bits per heavy atom. The molecule has 2 aromatic rings. The van der Waals surface area contributed by atoms with Crippen molar-refractivity contribution in [2.24, 2.45) is 0 Å². The highest BCUT2D eigenvalue weighted by Gasteiger charge is 2.52. The van der Waals surface area contributed by atoms with Gasteiger partial charge in [-0.15, -0.1) is 0 Å². The van der Waals surface area contributed by atoms with Gasteiger partial charge in [-0.2, -0.15) is 0 Å². The van der Waals surface area contributed by atoms with Crippen molar-refractivity contribution in [1.29, 1.82) is 0 Å². The van der Waals surface area contributed by atoms with Crippen LogP contribution in [0.5, 0.6) is 0 Å². The quantitative estimate of drug-likeness (QED) is 0.0643. The summed E-state index contributed by atoms with van der Waals surface area (Å²) in [6.45, 7) is 9.06. The molecule has 0 saturated carbocycles.